The summed E-state index contributed by atoms with van der Waals surface area (Å²) in [5, 5.41) is 0. The van der Waals surface area contributed by atoms with E-state index in [4.69, 9.17) is 18.9 Å². The highest BCUT2D eigenvalue weighted by Gasteiger charge is 2.22. The van der Waals surface area contributed by atoms with Crippen LogP contribution in [0.25, 0.3) is 0 Å². The Bertz CT molecular complexity index is 571. The van der Waals surface area contributed by atoms with Crippen molar-refractivity contribution in [2.45, 2.75) is 98.3 Å². The zero-order valence-electron chi connectivity index (χ0n) is 20.5. The lowest BCUT2D eigenvalue weighted by Gasteiger charge is -2.21. The zero-order valence-corrected chi connectivity index (χ0v) is 20.5. The average Bonchev–Trinajstić information content (AvgIpc) is 2.77. The van der Waals surface area contributed by atoms with E-state index < -0.39 is 0 Å². The SMILES string of the molecule is CCCCCOc1cc(CCCCC(C)CC)c(OCCCCC)c(OC)c1OC. The Labute approximate surface area is 185 Å². The fourth-order valence-electron chi connectivity index (χ4n) is 3.55. The van der Waals surface area contributed by atoms with Crippen molar-refractivity contribution >= 4 is 0 Å². The molecule has 0 aliphatic carbocycles. The molecule has 4 heteroatoms. The minimum absolute atomic E-state index is 0.642. The summed E-state index contributed by atoms with van der Waals surface area (Å²) < 4.78 is 23.8. The van der Waals surface area contributed by atoms with Crippen molar-refractivity contribution in [1.82, 2.24) is 0 Å². The third-order valence-corrected chi connectivity index (χ3v) is 5.73. The standard InChI is InChI=1S/C26H46O4/c1-7-10-14-18-29-23-20-22(17-13-12-16-21(4)9-3)24(30-19-15-11-8-2)26(28-6)25(23)27-5/h20-21H,7-19H2,1-6H3. The maximum Gasteiger partial charge on any atom is 0.207 e. The minimum atomic E-state index is 0.642. The van der Waals surface area contributed by atoms with Gasteiger partial charge in [-0.1, -0.05) is 72.6 Å². The fourth-order valence-corrected chi connectivity index (χ4v) is 3.55. The van der Waals surface area contributed by atoms with Crippen LogP contribution < -0.4 is 18.9 Å². The Hall–Kier alpha value is -1.58. The molecular weight excluding hydrogens is 376 g/mol. The van der Waals surface area contributed by atoms with E-state index in [1.54, 1.807) is 14.2 Å². The van der Waals surface area contributed by atoms with Crippen LogP contribution in [0.15, 0.2) is 6.07 Å². The lowest BCUT2D eigenvalue weighted by Crippen LogP contribution is -2.07. The first-order chi connectivity index (χ1) is 14.6. The predicted octanol–water partition coefficient (Wildman–Crippen LogP) is 7.60. The smallest absolute Gasteiger partial charge is 0.207 e. The van der Waals surface area contributed by atoms with Gasteiger partial charge in [0.15, 0.2) is 11.5 Å². The molecule has 0 radical (unpaired) electrons. The Balaban J connectivity index is 3.05. The highest BCUT2D eigenvalue weighted by atomic mass is 16.5. The summed E-state index contributed by atoms with van der Waals surface area (Å²) in [6, 6.07) is 2.12. The summed E-state index contributed by atoms with van der Waals surface area (Å²) in [5.74, 6) is 3.69. The zero-order chi connectivity index (χ0) is 22.2. The molecule has 174 valence electrons. The summed E-state index contributed by atoms with van der Waals surface area (Å²) >= 11 is 0. The molecule has 1 unspecified atom stereocenters. The van der Waals surface area contributed by atoms with E-state index >= 15 is 0 Å². The van der Waals surface area contributed by atoms with Crippen molar-refractivity contribution in [2.24, 2.45) is 5.92 Å². The van der Waals surface area contributed by atoms with E-state index in [-0.39, 0.29) is 0 Å². The molecule has 0 amide bonds. The number of hydrogen-bond acceptors (Lipinski definition) is 4. The van der Waals surface area contributed by atoms with Crippen molar-refractivity contribution < 1.29 is 18.9 Å². The topological polar surface area (TPSA) is 36.9 Å². The first-order valence-corrected chi connectivity index (χ1v) is 12.2. The van der Waals surface area contributed by atoms with Gasteiger partial charge in [-0.2, -0.15) is 0 Å². The average molecular weight is 423 g/mol. The van der Waals surface area contributed by atoms with Gasteiger partial charge >= 0.3 is 0 Å². The quantitative estimate of drug-likeness (QED) is 0.228. The molecule has 0 aliphatic heterocycles. The van der Waals surface area contributed by atoms with Gasteiger partial charge in [-0.05, 0) is 37.7 Å². The Morgan fingerprint density at radius 1 is 0.733 bits per heavy atom. The molecule has 0 heterocycles. The van der Waals surface area contributed by atoms with Crippen molar-refractivity contribution in [2.75, 3.05) is 27.4 Å². The summed E-state index contributed by atoms with van der Waals surface area (Å²) in [6.07, 6.45) is 12.6. The lowest BCUT2D eigenvalue weighted by molar-refractivity contribution is 0.256. The van der Waals surface area contributed by atoms with E-state index in [9.17, 15) is 0 Å². The van der Waals surface area contributed by atoms with Crippen molar-refractivity contribution in [3.63, 3.8) is 0 Å². The van der Waals surface area contributed by atoms with Crippen LogP contribution in [-0.4, -0.2) is 27.4 Å². The summed E-state index contributed by atoms with van der Waals surface area (Å²) in [5.41, 5.74) is 1.17. The van der Waals surface area contributed by atoms with Gasteiger partial charge in [-0.25, -0.2) is 0 Å². The predicted molar refractivity (Wildman–Crippen MR) is 127 cm³/mol. The van der Waals surface area contributed by atoms with Gasteiger partial charge in [-0.15, -0.1) is 0 Å². The van der Waals surface area contributed by atoms with Gasteiger partial charge in [0.2, 0.25) is 11.5 Å². The van der Waals surface area contributed by atoms with E-state index in [0.29, 0.717) is 24.7 Å². The Morgan fingerprint density at radius 3 is 1.93 bits per heavy atom. The number of benzene rings is 1. The van der Waals surface area contributed by atoms with Gasteiger partial charge < -0.3 is 18.9 Å². The Kier molecular flexibility index (Phi) is 14.2. The van der Waals surface area contributed by atoms with Crippen LogP contribution in [0.1, 0.15) is 97.5 Å². The second kappa shape index (κ2) is 16.2. The van der Waals surface area contributed by atoms with Crippen LogP contribution >= 0.6 is 0 Å². The molecule has 0 aliphatic rings. The van der Waals surface area contributed by atoms with Gasteiger partial charge in [0.05, 0.1) is 27.4 Å². The second-order valence-corrected chi connectivity index (χ2v) is 8.30. The van der Waals surface area contributed by atoms with Crippen molar-refractivity contribution in [3.05, 3.63) is 11.6 Å². The maximum atomic E-state index is 6.24. The molecule has 0 bridgehead atoms. The third kappa shape index (κ3) is 9.06. The summed E-state index contributed by atoms with van der Waals surface area (Å²) in [4.78, 5) is 0. The van der Waals surface area contributed by atoms with Crippen LogP contribution in [-0.2, 0) is 6.42 Å². The number of rotatable bonds is 18. The van der Waals surface area contributed by atoms with E-state index in [1.807, 2.05) is 0 Å². The molecule has 0 N–H and O–H groups in total. The van der Waals surface area contributed by atoms with E-state index in [2.05, 4.69) is 33.8 Å². The van der Waals surface area contributed by atoms with E-state index in [0.717, 1.165) is 43.1 Å². The van der Waals surface area contributed by atoms with Crippen molar-refractivity contribution in [3.8, 4) is 23.0 Å². The van der Waals surface area contributed by atoms with Crippen LogP contribution in [0.5, 0.6) is 23.0 Å². The molecule has 1 rings (SSSR count). The molecule has 1 aromatic carbocycles. The number of hydrogen-bond donors (Lipinski definition) is 0. The van der Waals surface area contributed by atoms with Gasteiger partial charge in [0, 0.05) is 5.56 Å². The first kappa shape index (κ1) is 26.5. The van der Waals surface area contributed by atoms with Gasteiger partial charge in [0.25, 0.3) is 0 Å². The third-order valence-electron chi connectivity index (χ3n) is 5.73. The molecule has 0 saturated heterocycles. The van der Waals surface area contributed by atoms with E-state index in [1.165, 1.54) is 50.5 Å². The molecule has 30 heavy (non-hydrogen) atoms. The number of unbranched alkanes of at least 4 members (excludes halogenated alkanes) is 5. The lowest BCUT2D eigenvalue weighted by atomic mass is 9.98. The molecule has 0 spiro atoms. The molecule has 0 saturated carbocycles. The fraction of sp³-hybridized carbons (Fsp3) is 0.769. The minimum Gasteiger partial charge on any atom is -0.490 e. The molecular formula is C26H46O4. The largest absolute Gasteiger partial charge is 0.490 e. The molecule has 4 nitrogen and oxygen atoms in total. The van der Waals surface area contributed by atoms with Crippen LogP contribution in [0.4, 0.5) is 0 Å². The molecule has 0 aromatic heterocycles. The molecule has 1 aromatic rings. The Morgan fingerprint density at radius 2 is 1.37 bits per heavy atom. The molecule has 0 fully saturated rings. The summed E-state index contributed by atoms with van der Waals surface area (Å²) in [6.45, 7) is 10.4. The number of ether oxygens (including phenoxy) is 4. The van der Waals surface area contributed by atoms with Gasteiger partial charge in [-0.3, -0.25) is 0 Å². The number of aryl methyl sites for hydroxylation is 1. The van der Waals surface area contributed by atoms with Crippen LogP contribution in [0.2, 0.25) is 0 Å². The molecule has 1 atom stereocenters. The monoisotopic (exact) mass is 422 g/mol. The first-order valence-electron chi connectivity index (χ1n) is 12.2. The van der Waals surface area contributed by atoms with Crippen molar-refractivity contribution in [1.29, 1.82) is 0 Å². The highest BCUT2D eigenvalue weighted by molar-refractivity contribution is 5.63. The highest BCUT2D eigenvalue weighted by Crippen LogP contribution is 2.47. The normalized spacial score (nSPS) is 11.9. The van der Waals surface area contributed by atoms with Crippen LogP contribution in [0.3, 0.4) is 0 Å². The van der Waals surface area contributed by atoms with Crippen LogP contribution in [0, 0.1) is 5.92 Å². The number of methoxy groups -OCH3 is 2. The second-order valence-electron chi connectivity index (χ2n) is 8.30. The maximum absolute atomic E-state index is 6.24. The summed E-state index contributed by atoms with van der Waals surface area (Å²) in [7, 11) is 3.35. The van der Waals surface area contributed by atoms with Gasteiger partial charge in [0.1, 0.15) is 0 Å².